The Kier molecular flexibility index (Phi) is 3.32. The maximum Gasteiger partial charge on any atom is 0.360 e. The zero-order valence-corrected chi connectivity index (χ0v) is 10.3. The number of hydrogen-bond donors (Lipinski definition) is 1. The number of rotatable bonds is 3. The molecule has 18 heavy (non-hydrogen) atoms. The van der Waals surface area contributed by atoms with Crippen molar-refractivity contribution in [3.8, 4) is 11.4 Å². The number of para-hydroxylation sites is 1. The summed E-state index contributed by atoms with van der Waals surface area (Å²) in [5.74, 6) is -0.725. The maximum atomic E-state index is 11.8. The fourth-order valence-corrected chi connectivity index (χ4v) is 1.66. The first-order chi connectivity index (χ1) is 8.65. The molecule has 1 aromatic heterocycles. The monoisotopic (exact) mass is 246 g/mol. The fraction of sp³-hybridized carbons (Fsp3) is 0.231. The lowest BCUT2D eigenvalue weighted by Gasteiger charge is -2.06. The second kappa shape index (κ2) is 4.91. The highest BCUT2D eigenvalue weighted by Crippen LogP contribution is 2.25. The van der Waals surface area contributed by atoms with Gasteiger partial charge in [-0.3, -0.25) is 0 Å². The van der Waals surface area contributed by atoms with Crippen molar-refractivity contribution in [2.24, 2.45) is 0 Å². The van der Waals surface area contributed by atoms with Gasteiger partial charge in [0.2, 0.25) is 0 Å². The molecule has 0 saturated carbocycles. The number of carbonyl (C=O) groups is 1. The Morgan fingerprint density at radius 2 is 2.06 bits per heavy atom. The Bertz CT molecular complexity index is 561. The second-order valence-electron chi connectivity index (χ2n) is 3.75. The first-order valence-electron chi connectivity index (χ1n) is 5.66. The number of esters is 1. The van der Waals surface area contributed by atoms with Gasteiger partial charge in [-0.2, -0.15) is 5.10 Å². The molecule has 0 spiro atoms. The van der Waals surface area contributed by atoms with Crippen molar-refractivity contribution >= 4 is 5.97 Å². The number of aryl methyl sites for hydroxylation is 1. The lowest BCUT2D eigenvalue weighted by Crippen LogP contribution is -2.12. The van der Waals surface area contributed by atoms with Gasteiger partial charge in [-0.15, -0.1) is 0 Å². The quantitative estimate of drug-likeness (QED) is 0.842. The van der Waals surface area contributed by atoms with Gasteiger partial charge in [-0.25, -0.2) is 9.48 Å². The molecule has 1 heterocycles. The van der Waals surface area contributed by atoms with Crippen molar-refractivity contribution in [2.45, 2.75) is 13.8 Å². The highest BCUT2D eigenvalue weighted by atomic mass is 16.5. The van der Waals surface area contributed by atoms with Crippen LogP contribution in [0.2, 0.25) is 0 Å². The Morgan fingerprint density at radius 3 is 2.67 bits per heavy atom. The Morgan fingerprint density at radius 1 is 1.39 bits per heavy atom. The highest BCUT2D eigenvalue weighted by Gasteiger charge is 2.23. The third kappa shape index (κ3) is 2.07. The smallest absolute Gasteiger partial charge is 0.360 e. The third-order valence-electron chi connectivity index (χ3n) is 2.50. The summed E-state index contributed by atoms with van der Waals surface area (Å²) in [6, 6.07) is 9.13. The van der Waals surface area contributed by atoms with E-state index in [0.29, 0.717) is 11.4 Å². The van der Waals surface area contributed by atoms with Crippen molar-refractivity contribution in [3.63, 3.8) is 0 Å². The summed E-state index contributed by atoms with van der Waals surface area (Å²) in [4.78, 5) is 11.8. The number of benzene rings is 1. The zero-order chi connectivity index (χ0) is 13.1. The van der Waals surface area contributed by atoms with E-state index in [1.54, 1.807) is 26.0 Å². The van der Waals surface area contributed by atoms with E-state index < -0.39 is 5.97 Å². The predicted octanol–water partition coefficient (Wildman–Crippen LogP) is 2.06. The van der Waals surface area contributed by atoms with Gasteiger partial charge in [0, 0.05) is 0 Å². The van der Waals surface area contributed by atoms with Crippen LogP contribution < -0.4 is 0 Å². The predicted molar refractivity (Wildman–Crippen MR) is 65.9 cm³/mol. The van der Waals surface area contributed by atoms with E-state index in [1.807, 2.05) is 18.2 Å². The van der Waals surface area contributed by atoms with Crippen molar-refractivity contribution in [1.82, 2.24) is 9.78 Å². The van der Waals surface area contributed by atoms with Crippen LogP contribution in [0.4, 0.5) is 0 Å². The maximum absolute atomic E-state index is 11.8. The van der Waals surface area contributed by atoms with E-state index in [4.69, 9.17) is 4.74 Å². The largest absolute Gasteiger partial charge is 0.504 e. The molecule has 0 bridgehead atoms. The number of aromatic nitrogens is 2. The molecule has 5 nitrogen and oxygen atoms in total. The summed E-state index contributed by atoms with van der Waals surface area (Å²) in [6.07, 6.45) is 0. The fourth-order valence-electron chi connectivity index (χ4n) is 1.66. The van der Waals surface area contributed by atoms with Crippen LogP contribution in [-0.2, 0) is 4.74 Å². The van der Waals surface area contributed by atoms with Crippen LogP contribution in [-0.4, -0.2) is 27.5 Å². The zero-order valence-electron chi connectivity index (χ0n) is 10.3. The van der Waals surface area contributed by atoms with Crippen molar-refractivity contribution in [2.75, 3.05) is 6.61 Å². The molecule has 0 aliphatic heterocycles. The van der Waals surface area contributed by atoms with Crippen LogP contribution in [0.3, 0.4) is 0 Å². The molecule has 0 unspecified atom stereocenters. The number of hydrogen-bond acceptors (Lipinski definition) is 4. The minimum absolute atomic E-state index is 0.0561. The molecule has 0 atom stereocenters. The van der Waals surface area contributed by atoms with Gasteiger partial charge in [0.25, 0.3) is 0 Å². The Balaban J connectivity index is 2.55. The van der Waals surface area contributed by atoms with Crippen LogP contribution in [0.25, 0.3) is 5.69 Å². The van der Waals surface area contributed by atoms with Gasteiger partial charge < -0.3 is 9.84 Å². The van der Waals surface area contributed by atoms with Crippen LogP contribution in [0.15, 0.2) is 30.3 Å². The molecule has 2 aromatic rings. The summed E-state index contributed by atoms with van der Waals surface area (Å²) < 4.78 is 6.32. The van der Waals surface area contributed by atoms with Gasteiger partial charge in [-0.1, -0.05) is 18.2 Å². The average molecular weight is 246 g/mol. The van der Waals surface area contributed by atoms with Gasteiger partial charge in [0.1, 0.15) is 5.69 Å². The summed E-state index contributed by atoms with van der Waals surface area (Å²) in [5, 5.41) is 14.0. The molecule has 5 heteroatoms. The van der Waals surface area contributed by atoms with E-state index in [9.17, 15) is 9.90 Å². The first-order valence-corrected chi connectivity index (χ1v) is 5.66. The summed E-state index contributed by atoms with van der Waals surface area (Å²) in [7, 11) is 0. The number of nitrogens with zero attached hydrogens (tertiary/aromatic N) is 2. The molecule has 0 saturated heterocycles. The number of aromatic hydroxyl groups is 1. The van der Waals surface area contributed by atoms with E-state index >= 15 is 0 Å². The summed E-state index contributed by atoms with van der Waals surface area (Å²) in [5.41, 5.74) is 1.14. The number of ether oxygens (including phenoxy) is 1. The van der Waals surface area contributed by atoms with Crippen molar-refractivity contribution < 1.29 is 14.6 Å². The standard InChI is InChI=1S/C13H14N2O3/c1-3-18-13(17)11-12(16)9(2)14-15(11)10-7-5-4-6-8-10/h4-8,16H,3H2,1-2H3. The van der Waals surface area contributed by atoms with Crippen LogP contribution >= 0.6 is 0 Å². The normalized spacial score (nSPS) is 10.3. The molecular formula is C13H14N2O3. The lowest BCUT2D eigenvalue weighted by atomic mass is 10.3. The van der Waals surface area contributed by atoms with Gasteiger partial charge in [0.15, 0.2) is 11.4 Å². The van der Waals surface area contributed by atoms with E-state index in [0.717, 1.165) is 0 Å². The van der Waals surface area contributed by atoms with E-state index in [2.05, 4.69) is 5.10 Å². The van der Waals surface area contributed by atoms with E-state index in [1.165, 1.54) is 4.68 Å². The molecule has 2 rings (SSSR count). The molecule has 1 N–H and O–H groups in total. The summed E-state index contributed by atoms with van der Waals surface area (Å²) in [6.45, 7) is 3.60. The first kappa shape index (κ1) is 12.2. The van der Waals surface area contributed by atoms with Gasteiger partial charge in [-0.05, 0) is 26.0 Å². The second-order valence-corrected chi connectivity index (χ2v) is 3.75. The topological polar surface area (TPSA) is 64.3 Å². The van der Waals surface area contributed by atoms with Crippen LogP contribution in [0.5, 0.6) is 5.75 Å². The van der Waals surface area contributed by atoms with Gasteiger partial charge >= 0.3 is 5.97 Å². The van der Waals surface area contributed by atoms with Crippen molar-refractivity contribution in [1.29, 1.82) is 0 Å². The molecular weight excluding hydrogens is 232 g/mol. The van der Waals surface area contributed by atoms with Crippen molar-refractivity contribution in [3.05, 3.63) is 41.7 Å². The molecule has 0 aliphatic rings. The molecule has 0 aliphatic carbocycles. The Hall–Kier alpha value is -2.30. The van der Waals surface area contributed by atoms with E-state index in [-0.39, 0.29) is 18.1 Å². The third-order valence-corrected chi connectivity index (χ3v) is 2.50. The molecule has 0 fully saturated rings. The van der Waals surface area contributed by atoms with Crippen LogP contribution in [0, 0.1) is 6.92 Å². The molecule has 1 aromatic carbocycles. The molecule has 0 amide bonds. The average Bonchev–Trinajstić information content (AvgIpc) is 2.67. The minimum atomic E-state index is -0.584. The highest BCUT2D eigenvalue weighted by molar-refractivity contribution is 5.91. The molecule has 0 radical (unpaired) electrons. The number of carbonyl (C=O) groups excluding carboxylic acids is 1. The SMILES string of the molecule is CCOC(=O)c1c(O)c(C)nn1-c1ccccc1. The minimum Gasteiger partial charge on any atom is -0.504 e. The summed E-state index contributed by atoms with van der Waals surface area (Å²) >= 11 is 0. The lowest BCUT2D eigenvalue weighted by molar-refractivity contribution is 0.0512. The van der Waals surface area contributed by atoms with Gasteiger partial charge in [0.05, 0.1) is 12.3 Å². The Labute approximate surface area is 105 Å². The van der Waals surface area contributed by atoms with Crippen LogP contribution in [0.1, 0.15) is 23.1 Å². The molecule has 94 valence electrons.